The van der Waals surface area contributed by atoms with Crippen LogP contribution >= 0.6 is 23.4 Å². The van der Waals surface area contributed by atoms with Crippen molar-refractivity contribution in [3.8, 4) is 11.5 Å². The number of halogens is 2. The summed E-state index contributed by atoms with van der Waals surface area (Å²) < 4.78 is 33.4. The average molecular weight is 599 g/mol. The molecule has 9 nitrogen and oxygen atoms in total. The van der Waals surface area contributed by atoms with Gasteiger partial charge < -0.3 is 29.1 Å². The lowest BCUT2D eigenvalue weighted by Crippen LogP contribution is -2.72. The molecule has 6 heterocycles. The van der Waals surface area contributed by atoms with Crippen LogP contribution in [0.4, 0.5) is 10.1 Å². The summed E-state index contributed by atoms with van der Waals surface area (Å²) in [6.07, 6.45) is 2.29. The van der Waals surface area contributed by atoms with Crippen molar-refractivity contribution in [1.29, 1.82) is 0 Å². The molecule has 3 saturated heterocycles. The number of anilines is 1. The number of carboxylic acid groups (broad SMARTS) is 1. The zero-order valence-corrected chi connectivity index (χ0v) is 23.6. The van der Waals surface area contributed by atoms with Crippen LogP contribution in [-0.4, -0.2) is 95.7 Å². The van der Waals surface area contributed by atoms with E-state index in [4.69, 9.17) is 30.8 Å². The van der Waals surface area contributed by atoms with Crippen LogP contribution in [0.1, 0.15) is 18.1 Å². The highest BCUT2D eigenvalue weighted by Gasteiger charge is 2.54. The third kappa shape index (κ3) is 4.19. The summed E-state index contributed by atoms with van der Waals surface area (Å²) in [5.41, 5.74) is 1.32. The van der Waals surface area contributed by atoms with Gasteiger partial charge in [-0.3, -0.25) is 9.89 Å². The summed E-state index contributed by atoms with van der Waals surface area (Å²) >= 11 is 7.32. The minimum atomic E-state index is -0.895. The topological polar surface area (TPSA) is 87.1 Å². The number of benzene rings is 2. The van der Waals surface area contributed by atoms with E-state index < -0.39 is 17.9 Å². The molecule has 1 N–H and O–H groups in total. The number of carbonyl (C=O) groups is 1. The minimum absolute atomic E-state index is 0.0478. The number of ether oxygens (including phenoxy) is 3. The molecule has 41 heavy (non-hydrogen) atoms. The Labute approximate surface area is 245 Å². The molecule has 6 aliphatic heterocycles. The van der Waals surface area contributed by atoms with Crippen molar-refractivity contribution in [3.63, 3.8) is 0 Å². The Morgan fingerprint density at radius 3 is 2.88 bits per heavy atom. The van der Waals surface area contributed by atoms with Gasteiger partial charge in [0, 0.05) is 36.8 Å². The molecule has 0 aromatic heterocycles. The summed E-state index contributed by atoms with van der Waals surface area (Å²) in [7, 11) is 0. The van der Waals surface area contributed by atoms with Crippen LogP contribution in [0.25, 0.3) is 0 Å². The number of thioether (sulfide) groups is 1. The molecule has 0 bridgehead atoms. The Morgan fingerprint density at radius 2 is 2.10 bits per heavy atom. The fraction of sp³-hybridized carbons (Fsp3) is 0.448. The van der Waals surface area contributed by atoms with Gasteiger partial charge in [0.05, 0.1) is 41.4 Å². The Morgan fingerprint density at radius 1 is 1.22 bits per heavy atom. The van der Waals surface area contributed by atoms with Gasteiger partial charge in [0.1, 0.15) is 23.6 Å². The summed E-state index contributed by atoms with van der Waals surface area (Å²) in [5.74, 6) is 0.971. The van der Waals surface area contributed by atoms with Crippen LogP contribution < -0.4 is 14.4 Å². The lowest BCUT2D eigenvalue weighted by atomic mass is 9.88. The highest BCUT2D eigenvalue weighted by Crippen LogP contribution is 2.47. The second kappa shape index (κ2) is 9.79. The number of nitrogens with zero attached hydrogens (tertiary/aromatic N) is 4. The van der Waals surface area contributed by atoms with Crippen LogP contribution in [0.3, 0.4) is 0 Å². The van der Waals surface area contributed by atoms with Crippen LogP contribution in [0, 0.1) is 5.82 Å². The average Bonchev–Trinajstić information content (AvgIpc) is 3.49. The molecule has 6 aliphatic rings. The lowest BCUT2D eigenvalue weighted by Gasteiger charge is -2.56. The molecular weight excluding hydrogens is 571 g/mol. The molecule has 12 heteroatoms. The Hall–Kier alpha value is -2.99. The van der Waals surface area contributed by atoms with E-state index in [0.717, 1.165) is 50.7 Å². The summed E-state index contributed by atoms with van der Waals surface area (Å²) in [6.45, 7) is 4.02. The van der Waals surface area contributed by atoms with Gasteiger partial charge in [0.25, 0.3) is 0 Å². The van der Waals surface area contributed by atoms with Gasteiger partial charge in [0.2, 0.25) is 0 Å². The van der Waals surface area contributed by atoms with Gasteiger partial charge in [0.15, 0.2) is 17.6 Å². The predicted molar refractivity (Wildman–Crippen MR) is 153 cm³/mol. The first-order valence-electron chi connectivity index (χ1n) is 13.9. The number of amidine groups is 1. The predicted octanol–water partition coefficient (Wildman–Crippen LogP) is 3.78. The number of carboxylic acids is 1. The van der Waals surface area contributed by atoms with Crippen molar-refractivity contribution in [3.05, 3.63) is 63.8 Å². The molecule has 3 fully saturated rings. The molecule has 8 rings (SSSR count). The minimum Gasteiger partial charge on any atom is -0.485 e. The molecule has 0 aliphatic carbocycles. The van der Waals surface area contributed by atoms with Crippen molar-refractivity contribution in [2.45, 2.75) is 42.1 Å². The van der Waals surface area contributed by atoms with Crippen LogP contribution in [0.15, 0.2) is 52.4 Å². The van der Waals surface area contributed by atoms with Gasteiger partial charge in [-0.05, 0) is 36.8 Å². The van der Waals surface area contributed by atoms with Gasteiger partial charge in [-0.2, -0.15) is 0 Å². The summed E-state index contributed by atoms with van der Waals surface area (Å²) in [5, 5.41) is 9.82. The first-order valence-corrected chi connectivity index (χ1v) is 15.1. The molecule has 6 atom stereocenters. The van der Waals surface area contributed by atoms with Gasteiger partial charge in [-0.1, -0.05) is 35.5 Å². The largest absolute Gasteiger partial charge is 0.485 e. The maximum Gasteiger partial charge on any atom is 0.341 e. The number of piperazine rings is 2. The Kier molecular flexibility index (Phi) is 6.14. The van der Waals surface area contributed by atoms with Crippen LogP contribution in [0.2, 0.25) is 5.02 Å². The van der Waals surface area contributed by atoms with E-state index in [-0.39, 0.29) is 36.2 Å². The number of hydrogen-bond acceptors (Lipinski definition) is 9. The number of rotatable bonds is 4. The lowest BCUT2D eigenvalue weighted by molar-refractivity contribution is -0.131. The number of fused-ring (bicyclic) bond motifs is 5. The highest BCUT2D eigenvalue weighted by molar-refractivity contribution is 8.04. The number of para-hydroxylation sites is 1. The Bertz CT molecular complexity index is 1490. The highest BCUT2D eigenvalue weighted by atomic mass is 35.5. The summed E-state index contributed by atoms with van der Waals surface area (Å²) in [4.78, 5) is 24.2. The maximum absolute atomic E-state index is 14.8. The van der Waals surface area contributed by atoms with Crippen LogP contribution in [0.5, 0.6) is 11.5 Å². The second-order valence-corrected chi connectivity index (χ2v) is 12.7. The van der Waals surface area contributed by atoms with E-state index in [1.807, 2.05) is 24.3 Å². The van der Waals surface area contributed by atoms with Crippen molar-refractivity contribution in [2.75, 3.05) is 44.3 Å². The van der Waals surface area contributed by atoms with E-state index in [9.17, 15) is 14.3 Å². The summed E-state index contributed by atoms with van der Waals surface area (Å²) in [6, 6.07) is 10.6. The zero-order valence-electron chi connectivity index (χ0n) is 22.0. The number of aliphatic carboxylic acids is 1. The van der Waals surface area contributed by atoms with E-state index in [1.54, 1.807) is 12.1 Å². The smallest absolute Gasteiger partial charge is 0.341 e. The monoisotopic (exact) mass is 598 g/mol. The quantitative estimate of drug-likeness (QED) is 0.565. The maximum atomic E-state index is 14.8. The van der Waals surface area contributed by atoms with Gasteiger partial charge >= 0.3 is 5.97 Å². The third-order valence-electron chi connectivity index (χ3n) is 8.94. The SMILES string of the molecule is O=C(O)C1=CC2C(N=C3CN4CCN(c5cccc6c5O[C@@H](c5ccc(Cl)cc5F)CO6)C[C@@H]4C([C@@H]4CCO4)N32)S1. The van der Waals surface area contributed by atoms with Crippen molar-refractivity contribution in [2.24, 2.45) is 4.99 Å². The second-order valence-electron chi connectivity index (χ2n) is 11.1. The molecule has 2 aromatic rings. The zero-order chi connectivity index (χ0) is 27.8. The van der Waals surface area contributed by atoms with Crippen LogP contribution in [-0.2, 0) is 9.53 Å². The molecule has 0 saturated carbocycles. The van der Waals surface area contributed by atoms with E-state index in [2.05, 4.69) is 14.7 Å². The van der Waals surface area contributed by atoms with Crippen molar-refractivity contribution in [1.82, 2.24) is 9.80 Å². The normalized spacial score (nSPS) is 32.0. The molecule has 0 spiro atoms. The molecule has 214 valence electrons. The van der Waals surface area contributed by atoms with Crippen molar-refractivity contribution < 1.29 is 28.5 Å². The standard InChI is InChI=1S/C29H28ClFN4O5S/c30-15-4-5-16(17(31)10-15)23-14-39-22-3-1-2-18(27(22)40-23)33-7-8-34-13-25-32-28-19(11-24(41-28)29(36)37)35(25)26(20(34)12-33)21-6-9-38-21/h1-5,10-11,19-21,23,26,28H,6-9,12-14H2,(H,36,37)/t19?,20-,21+,23-,26?,28?/m1/s1. The molecule has 0 amide bonds. The molecule has 3 unspecified atom stereocenters. The van der Waals surface area contributed by atoms with E-state index >= 15 is 0 Å². The first-order chi connectivity index (χ1) is 19.9. The molecular formula is C29H28ClFN4O5S. The molecule has 0 radical (unpaired) electrons. The fourth-order valence-corrected chi connectivity index (χ4v) is 8.21. The van der Waals surface area contributed by atoms with Gasteiger partial charge in [-0.15, -0.1) is 0 Å². The van der Waals surface area contributed by atoms with Gasteiger partial charge in [-0.25, -0.2) is 9.18 Å². The fourth-order valence-electron chi connectivity index (χ4n) is 6.94. The van der Waals surface area contributed by atoms with Crippen molar-refractivity contribution >= 4 is 40.9 Å². The third-order valence-corrected chi connectivity index (χ3v) is 10.4. The Balaban J connectivity index is 1.09. The number of hydrogen-bond donors (Lipinski definition) is 1. The first kappa shape index (κ1) is 25.7. The number of aliphatic imine (C=N–C) groups is 1. The van der Waals surface area contributed by atoms with E-state index in [0.29, 0.717) is 27.0 Å². The van der Waals surface area contributed by atoms with E-state index in [1.165, 1.54) is 17.8 Å². The molecule has 2 aromatic carbocycles.